The normalized spacial score (nSPS) is 15.5. The van der Waals surface area contributed by atoms with Crippen molar-refractivity contribution in [2.45, 2.75) is 19.4 Å². The molecular weight excluding hydrogens is 466 g/mol. The smallest absolute Gasteiger partial charge is 0.269 e. The van der Waals surface area contributed by atoms with Crippen LogP contribution in [0.15, 0.2) is 84.9 Å². The number of rotatable bonds is 5. The molecule has 1 aliphatic heterocycles. The summed E-state index contributed by atoms with van der Waals surface area (Å²) in [7, 11) is 0. The van der Waals surface area contributed by atoms with Gasteiger partial charge in [-0.15, -0.1) is 0 Å². The van der Waals surface area contributed by atoms with Crippen LogP contribution in [0.2, 0.25) is 5.02 Å². The molecule has 3 aromatic carbocycles. The maximum Gasteiger partial charge on any atom is 0.269 e. The minimum atomic E-state index is -1.21. The maximum absolute atomic E-state index is 13.3. The van der Waals surface area contributed by atoms with E-state index >= 15 is 0 Å². The Labute approximate surface area is 207 Å². The molecule has 0 aromatic heterocycles. The van der Waals surface area contributed by atoms with Crippen molar-refractivity contribution >= 4 is 47.0 Å². The summed E-state index contributed by atoms with van der Waals surface area (Å²) in [6.07, 6.45) is 2.55. The summed E-state index contributed by atoms with van der Waals surface area (Å²) in [4.78, 5) is 53.3. The van der Waals surface area contributed by atoms with E-state index in [1.807, 2.05) is 43.3 Å². The molecule has 1 N–H and O–H groups in total. The standard InChI is InChI=1S/C27H22ClN3O4/c1-18-7-5-12-22(15-18)30-25(33)17-23(27(30)35)31(24(32)14-13-19-8-3-2-4-9-19)29-26(34)20-10-6-11-21(28)16-20/h2-16,23H,17H2,1H3,(H,29,34). The maximum atomic E-state index is 13.3. The van der Waals surface area contributed by atoms with Crippen LogP contribution in [0.1, 0.15) is 27.9 Å². The molecule has 1 fully saturated rings. The first kappa shape index (κ1) is 23.9. The predicted molar refractivity (Wildman–Crippen MR) is 133 cm³/mol. The van der Waals surface area contributed by atoms with Crippen molar-refractivity contribution in [3.8, 4) is 0 Å². The third-order valence-electron chi connectivity index (χ3n) is 5.46. The molecule has 176 valence electrons. The SMILES string of the molecule is Cc1cccc(N2C(=O)CC(N(NC(=O)c3cccc(Cl)c3)C(=O)C=Cc3ccccc3)C2=O)c1. The van der Waals surface area contributed by atoms with Crippen LogP contribution in [0.5, 0.6) is 0 Å². The van der Waals surface area contributed by atoms with Crippen molar-refractivity contribution in [3.63, 3.8) is 0 Å². The van der Waals surface area contributed by atoms with Crippen molar-refractivity contribution < 1.29 is 19.2 Å². The average Bonchev–Trinajstić information content (AvgIpc) is 3.14. The van der Waals surface area contributed by atoms with E-state index in [0.717, 1.165) is 21.0 Å². The third kappa shape index (κ3) is 5.47. The lowest BCUT2D eigenvalue weighted by molar-refractivity contribution is -0.136. The average molecular weight is 488 g/mol. The highest BCUT2D eigenvalue weighted by Gasteiger charge is 2.45. The second kappa shape index (κ2) is 10.4. The summed E-state index contributed by atoms with van der Waals surface area (Å²) < 4.78 is 0. The first-order valence-electron chi connectivity index (χ1n) is 10.9. The van der Waals surface area contributed by atoms with E-state index in [9.17, 15) is 19.2 Å². The van der Waals surface area contributed by atoms with Crippen molar-refractivity contribution in [3.05, 3.63) is 107 Å². The highest BCUT2D eigenvalue weighted by Crippen LogP contribution is 2.26. The number of hydrogen-bond acceptors (Lipinski definition) is 4. The number of aryl methyl sites for hydroxylation is 1. The first-order valence-corrected chi connectivity index (χ1v) is 11.3. The number of nitrogens with zero attached hydrogens (tertiary/aromatic N) is 2. The third-order valence-corrected chi connectivity index (χ3v) is 5.69. The van der Waals surface area contributed by atoms with Gasteiger partial charge in [-0.05, 0) is 54.5 Å². The predicted octanol–water partition coefficient (Wildman–Crippen LogP) is 4.17. The van der Waals surface area contributed by atoms with E-state index in [1.54, 1.807) is 36.4 Å². The lowest BCUT2D eigenvalue weighted by Gasteiger charge is -2.27. The number of hydrogen-bond donors (Lipinski definition) is 1. The number of nitrogens with one attached hydrogen (secondary N) is 1. The Hall–Kier alpha value is -4.23. The van der Waals surface area contributed by atoms with Crippen LogP contribution in [-0.2, 0) is 14.4 Å². The summed E-state index contributed by atoms with van der Waals surface area (Å²) in [6, 6.07) is 21.0. The molecular formula is C27H22ClN3O4. The van der Waals surface area contributed by atoms with E-state index < -0.39 is 29.7 Å². The van der Waals surface area contributed by atoms with Crippen molar-refractivity contribution in [2.75, 3.05) is 4.90 Å². The van der Waals surface area contributed by atoms with E-state index in [0.29, 0.717) is 10.7 Å². The molecule has 4 amide bonds. The fourth-order valence-corrected chi connectivity index (χ4v) is 3.95. The zero-order valence-electron chi connectivity index (χ0n) is 18.9. The lowest BCUT2D eigenvalue weighted by atomic mass is 10.2. The summed E-state index contributed by atoms with van der Waals surface area (Å²) in [5, 5.41) is 1.26. The monoisotopic (exact) mass is 487 g/mol. The molecule has 0 spiro atoms. The Morgan fingerprint density at radius 2 is 1.74 bits per heavy atom. The Bertz CT molecular complexity index is 1320. The van der Waals surface area contributed by atoms with E-state index in [-0.39, 0.29) is 12.0 Å². The Morgan fingerprint density at radius 1 is 1.00 bits per heavy atom. The van der Waals surface area contributed by atoms with Crippen LogP contribution in [0.3, 0.4) is 0 Å². The largest absolute Gasteiger partial charge is 0.274 e. The molecule has 4 rings (SSSR count). The van der Waals surface area contributed by atoms with Crippen LogP contribution in [0.25, 0.3) is 6.08 Å². The minimum absolute atomic E-state index is 0.203. The number of halogens is 1. The molecule has 8 heteroatoms. The topological polar surface area (TPSA) is 86.8 Å². The molecule has 1 unspecified atom stereocenters. The van der Waals surface area contributed by atoms with Gasteiger partial charge in [0.1, 0.15) is 6.04 Å². The van der Waals surface area contributed by atoms with Gasteiger partial charge in [0.2, 0.25) is 5.91 Å². The summed E-state index contributed by atoms with van der Waals surface area (Å²) in [6.45, 7) is 1.85. The molecule has 1 atom stereocenters. The molecule has 35 heavy (non-hydrogen) atoms. The molecule has 1 saturated heterocycles. The van der Waals surface area contributed by atoms with Gasteiger partial charge in [0.25, 0.3) is 17.7 Å². The molecule has 1 aliphatic rings. The van der Waals surface area contributed by atoms with Gasteiger partial charge in [-0.25, -0.2) is 9.91 Å². The van der Waals surface area contributed by atoms with Crippen LogP contribution in [-0.4, -0.2) is 34.7 Å². The van der Waals surface area contributed by atoms with Gasteiger partial charge in [0.15, 0.2) is 0 Å². The lowest BCUT2D eigenvalue weighted by Crippen LogP contribution is -2.54. The highest BCUT2D eigenvalue weighted by atomic mass is 35.5. The number of imide groups is 1. The molecule has 3 aromatic rings. The minimum Gasteiger partial charge on any atom is -0.274 e. The summed E-state index contributed by atoms with van der Waals surface area (Å²) in [5.41, 5.74) is 4.76. The van der Waals surface area contributed by atoms with Gasteiger partial charge < -0.3 is 0 Å². The van der Waals surface area contributed by atoms with Crippen molar-refractivity contribution in [1.82, 2.24) is 10.4 Å². The van der Waals surface area contributed by atoms with Crippen LogP contribution < -0.4 is 10.3 Å². The number of amides is 4. The van der Waals surface area contributed by atoms with Gasteiger partial charge in [-0.2, -0.15) is 0 Å². The fourth-order valence-electron chi connectivity index (χ4n) is 3.76. The fraction of sp³-hybridized carbons (Fsp3) is 0.111. The van der Waals surface area contributed by atoms with Gasteiger partial charge in [-0.3, -0.25) is 24.6 Å². The van der Waals surface area contributed by atoms with Gasteiger partial charge in [0.05, 0.1) is 12.1 Å². The van der Waals surface area contributed by atoms with Crippen LogP contribution in [0.4, 0.5) is 5.69 Å². The molecule has 0 aliphatic carbocycles. The zero-order chi connectivity index (χ0) is 24.9. The van der Waals surface area contributed by atoms with Crippen molar-refractivity contribution in [2.24, 2.45) is 0 Å². The number of carbonyl (C=O) groups is 4. The van der Waals surface area contributed by atoms with E-state index in [4.69, 9.17) is 11.6 Å². The number of benzene rings is 3. The first-order chi connectivity index (χ1) is 16.8. The second-order valence-electron chi connectivity index (χ2n) is 8.03. The molecule has 0 radical (unpaired) electrons. The van der Waals surface area contributed by atoms with E-state index in [1.165, 1.54) is 18.2 Å². The molecule has 0 bridgehead atoms. The number of anilines is 1. The molecule has 7 nitrogen and oxygen atoms in total. The Balaban J connectivity index is 1.64. The number of carbonyl (C=O) groups excluding carboxylic acids is 4. The number of hydrazine groups is 1. The van der Waals surface area contributed by atoms with Crippen LogP contribution >= 0.6 is 11.6 Å². The van der Waals surface area contributed by atoms with E-state index in [2.05, 4.69) is 5.43 Å². The van der Waals surface area contributed by atoms with Crippen molar-refractivity contribution in [1.29, 1.82) is 0 Å². The second-order valence-corrected chi connectivity index (χ2v) is 8.47. The summed E-state index contributed by atoms with van der Waals surface area (Å²) >= 11 is 6.00. The molecule has 0 saturated carbocycles. The summed E-state index contributed by atoms with van der Waals surface area (Å²) in [5.74, 6) is -2.36. The van der Waals surface area contributed by atoms with Gasteiger partial charge in [-0.1, -0.05) is 60.1 Å². The quantitative estimate of drug-likeness (QED) is 0.332. The Morgan fingerprint density at radius 3 is 2.46 bits per heavy atom. The highest BCUT2D eigenvalue weighted by molar-refractivity contribution is 6.31. The van der Waals surface area contributed by atoms with Crippen LogP contribution in [0, 0.1) is 6.92 Å². The Kier molecular flexibility index (Phi) is 7.08. The molecule has 1 heterocycles. The van der Waals surface area contributed by atoms with Gasteiger partial charge >= 0.3 is 0 Å². The van der Waals surface area contributed by atoms with Gasteiger partial charge in [0, 0.05) is 16.7 Å². The zero-order valence-corrected chi connectivity index (χ0v) is 19.6.